The van der Waals surface area contributed by atoms with E-state index >= 15 is 0 Å². The maximum Gasteiger partial charge on any atom is 0.411 e. The maximum absolute atomic E-state index is 12.3. The van der Waals surface area contributed by atoms with Crippen LogP contribution in [-0.4, -0.2) is 64.6 Å². The van der Waals surface area contributed by atoms with Crippen LogP contribution in [-0.2, 0) is 9.53 Å². The molecule has 0 spiro atoms. The van der Waals surface area contributed by atoms with E-state index in [-0.39, 0.29) is 36.6 Å². The fraction of sp³-hybridized carbons (Fsp3) is 0.471. The number of anilines is 1. The lowest BCUT2D eigenvalue weighted by Gasteiger charge is -2.40. The molecule has 0 bridgehead atoms. The topological polar surface area (TPSA) is 130 Å². The number of nitro benzene ring substituents is 1. The molecular formula is C17H21N3O7. The van der Waals surface area contributed by atoms with Crippen molar-refractivity contribution >= 4 is 29.7 Å². The van der Waals surface area contributed by atoms with Crippen LogP contribution in [0, 0.1) is 10.1 Å². The number of amides is 1. The standard InChI is InChI=1S/C17H21N3O7/c1-17(2,3)27-16(24)19-7-6-18(9-14(19)15(22)23)12-5-4-11(10-21)8-13(12)20(25)26/h4-5,8,10,14H,6-7,9H2,1-3H3,(H,22,23). The van der Waals surface area contributed by atoms with Gasteiger partial charge in [-0.2, -0.15) is 0 Å². The minimum atomic E-state index is -1.24. The molecule has 1 aromatic rings. The second kappa shape index (κ2) is 7.60. The Morgan fingerprint density at radius 2 is 2.00 bits per heavy atom. The summed E-state index contributed by atoms with van der Waals surface area (Å²) in [4.78, 5) is 48.2. The third-order valence-electron chi connectivity index (χ3n) is 3.97. The molecule has 1 aliphatic heterocycles. The molecule has 1 aromatic carbocycles. The van der Waals surface area contributed by atoms with Crippen LogP contribution in [0.2, 0.25) is 0 Å². The van der Waals surface area contributed by atoms with Crippen LogP contribution in [0.4, 0.5) is 16.2 Å². The molecule has 0 radical (unpaired) electrons. The zero-order chi connectivity index (χ0) is 20.4. The zero-order valence-corrected chi connectivity index (χ0v) is 15.2. The van der Waals surface area contributed by atoms with Crippen molar-refractivity contribution < 1.29 is 29.2 Å². The first-order valence-corrected chi connectivity index (χ1v) is 8.24. The fourth-order valence-corrected chi connectivity index (χ4v) is 2.78. The SMILES string of the molecule is CC(C)(C)OC(=O)N1CCN(c2ccc(C=O)cc2[N+](=O)[O-])CC1C(=O)O. The number of rotatable bonds is 4. The van der Waals surface area contributed by atoms with Gasteiger partial charge in [0.05, 0.1) is 4.92 Å². The third kappa shape index (κ3) is 4.72. The minimum absolute atomic E-state index is 0.0263. The first-order chi connectivity index (χ1) is 12.5. The Morgan fingerprint density at radius 1 is 1.33 bits per heavy atom. The van der Waals surface area contributed by atoms with Gasteiger partial charge in [0, 0.05) is 31.3 Å². The molecule has 1 aliphatic rings. The molecule has 0 aliphatic carbocycles. The van der Waals surface area contributed by atoms with Gasteiger partial charge in [-0.05, 0) is 32.9 Å². The number of ether oxygens (including phenoxy) is 1. The van der Waals surface area contributed by atoms with Crippen molar-refractivity contribution in [3.05, 3.63) is 33.9 Å². The van der Waals surface area contributed by atoms with E-state index in [9.17, 15) is 29.6 Å². The Hall–Kier alpha value is -3.17. The fourth-order valence-electron chi connectivity index (χ4n) is 2.78. The maximum atomic E-state index is 12.3. The first-order valence-electron chi connectivity index (χ1n) is 8.24. The van der Waals surface area contributed by atoms with E-state index in [0.717, 1.165) is 11.0 Å². The van der Waals surface area contributed by atoms with Gasteiger partial charge in [0.25, 0.3) is 5.69 Å². The molecule has 0 saturated carbocycles. The largest absolute Gasteiger partial charge is 0.480 e. The van der Waals surface area contributed by atoms with Gasteiger partial charge < -0.3 is 14.7 Å². The summed E-state index contributed by atoms with van der Waals surface area (Å²) in [5.41, 5.74) is -0.733. The molecule has 1 fully saturated rings. The molecule has 146 valence electrons. The second-order valence-electron chi connectivity index (χ2n) is 7.10. The lowest BCUT2D eigenvalue weighted by molar-refractivity contribution is -0.384. The van der Waals surface area contributed by atoms with E-state index in [4.69, 9.17) is 4.74 Å². The number of nitro groups is 1. The van der Waals surface area contributed by atoms with E-state index in [1.54, 1.807) is 20.8 Å². The summed E-state index contributed by atoms with van der Waals surface area (Å²) >= 11 is 0. The van der Waals surface area contributed by atoms with Crippen LogP contribution in [0.3, 0.4) is 0 Å². The van der Waals surface area contributed by atoms with Crippen LogP contribution in [0.1, 0.15) is 31.1 Å². The average molecular weight is 379 g/mol. The van der Waals surface area contributed by atoms with E-state index in [1.807, 2.05) is 0 Å². The lowest BCUT2D eigenvalue weighted by atomic mass is 10.1. The number of benzene rings is 1. The van der Waals surface area contributed by atoms with E-state index in [1.165, 1.54) is 17.0 Å². The number of carbonyl (C=O) groups excluding carboxylic acids is 2. The number of nitrogens with zero attached hydrogens (tertiary/aromatic N) is 3. The van der Waals surface area contributed by atoms with Crippen molar-refractivity contribution in [3.63, 3.8) is 0 Å². The summed E-state index contributed by atoms with van der Waals surface area (Å²) < 4.78 is 5.25. The van der Waals surface area contributed by atoms with E-state index in [0.29, 0.717) is 6.29 Å². The van der Waals surface area contributed by atoms with Gasteiger partial charge in [0.1, 0.15) is 23.6 Å². The number of carbonyl (C=O) groups is 3. The smallest absolute Gasteiger partial charge is 0.411 e. The average Bonchev–Trinajstić information content (AvgIpc) is 2.59. The molecule has 10 nitrogen and oxygen atoms in total. The van der Waals surface area contributed by atoms with Gasteiger partial charge in [-0.15, -0.1) is 0 Å². The molecule has 1 amide bonds. The van der Waals surface area contributed by atoms with Gasteiger partial charge in [-0.25, -0.2) is 9.59 Å². The monoisotopic (exact) mass is 379 g/mol. The number of carboxylic acid groups (broad SMARTS) is 1. The molecule has 1 N–H and O–H groups in total. The van der Waals surface area contributed by atoms with E-state index < -0.39 is 28.6 Å². The number of hydrogen-bond acceptors (Lipinski definition) is 7. The summed E-state index contributed by atoms with van der Waals surface area (Å²) in [6.07, 6.45) is -0.252. The van der Waals surface area contributed by atoms with Crippen LogP contribution in [0.15, 0.2) is 18.2 Å². The highest BCUT2D eigenvalue weighted by Gasteiger charge is 2.39. The minimum Gasteiger partial charge on any atom is -0.480 e. The molecule has 1 saturated heterocycles. The highest BCUT2D eigenvalue weighted by Crippen LogP contribution is 2.31. The van der Waals surface area contributed by atoms with Crippen molar-refractivity contribution in [2.75, 3.05) is 24.5 Å². The number of carboxylic acids is 1. The molecule has 27 heavy (non-hydrogen) atoms. The number of piperazine rings is 1. The second-order valence-corrected chi connectivity index (χ2v) is 7.10. The molecule has 10 heteroatoms. The highest BCUT2D eigenvalue weighted by molar-refractivity contribution is 5.83. The van der Waals surface area contributed by atoms with Crippen molar-refractivity contribution in [2.45, 2.75) is 32.4 Å². The molecule has 1 unspecified atom stereocenters. The molecule has 1 atom stereocenters. The van der Waals surface area contributed by atoms with Gasteiger partial charge in [-0.1, -0.05) is 0 Å². The van der Waals surface area contributed by atoms with Crippen LogP contribution in [0.25, 0.3) is 0 Å². The van der Waals surface area contributed by atoms with Gasteiger partial charge in [0.15, 0.2) is 0 Å². The lowest BCUT2D eigenvalue weighted by Crippen LogP contribution is -2.59. The van der Waals surface area contributed by atoms with Crippen molar-refractivity contribution in [1.29, 1.82) is 0 Å². The summed E-state index contributed by atoms with van der Waals surface area (Å²) in [6.45, 7) is 5.09. The number of aldehydes is 1. The van der Waals surface area contributed by atoms with Crippen LogP contribution in [0.5, 0.6) is 0 Å². The summed E-state index contributed by atoms with van der Waals surface area (Å²) in [7, 11) is 0. The quantitative estimate of drug-likeness (QED) is 0.477. The Morgan fingerprint density at radius 3 is 2.52 bits per heavy atom. The van der Waals surface area contributed by atoms with Crippen molar-refractivity contribution in [2.24, 2.45) is 0 Å². The van der Waals surface area contributed by atoms with Gasteiger partial charge in [-0.3, -0.25) is 19.8 Å². The van der Waals surface area contributed by atoms with Gasteiger partial charge >= 0.3 is 12.1 Å². The van der Waals surface area contributed by atoms with Gasteiger partial charge in [0.2, 0.25) is 0 Å². The Labute approximate surface area is 155 Å². The molecular weight excluding hydrogens is 358 g/mol. The van der Waals surface area contributed by atoms with E-state index in [2.05, 4.69) is 0 Å². The third-order valence-corrected chi connectivity index (χ3v) is 3.97. The van der Waals surface area contributed by atoms with Crippen molar-refractivity contribution in [1.82, 2.24) is 4.90 Å². The Balaban J connectivity index is 2.29. The normalized spacial score (nSPS) is 17.4. The van der Waals surface area contributed by atoms with Crippen LogP contribution >= 0.6 is 0 Å². The first kappa shape index (κ1) is 20.1. The molecule has 0 aromatic heterocycles. The molecule has 1 heterocycles. The number of hydrogen-bond donors (Lipinski definition) is 1. The highest BCUT2D eigenvalue weighted by atomic mass is 16.6. The predicted octanol–water partition coefficient (Wildman–Crippen LogP) is 1.92. The van der Waals surface area contributed by atoms with Crippen molar-refractivity contribution in [3.8, 4) is 0 Å². The van der Waals surface area contributed by atoms with Crippen LogP contribution < -0.4 is 4.90 Å². The number of aliphatic carboxylic acids is 1. The summed E-state index contributed by atoms with van der Waals surface area (Å²) in [5.74, 6) is -1.24. The predicted molar refractivity (Wildman–Crippen MR) is 95.1 cm³/mol. The summed E-state index contributed by atoms with van der Waals surface area (Å²) in [5, 5.41) is 20.9. The Kier molecular flexibility index (Phi) is 5.67. The molecule has 2 rings (SSSR count). The zero-order valence-electron chi connectivity index (χ0n) is 15.2. The summed E-state index contributed by atoms with van der Waals surface area (Å²) in [6, 6.07) is 2.74. The Bertz CT molecular complexity index is 772.